The van der Waals surface area contributed by atoms with Crippen LogP contribution < -0.4 is 15.2 Å². The van der Waals surface area contributed by atoms with Gasteiger partial charge in [-0.15, -0.1) is 0 Å². The summed E-state index contributed by atoms with van der Waals surface area (Å²) >= 11 is 0. The van der Waals surface area contributed by atoms with Crippen LogP contribution in [0.2, 0.25) is 0 Å². The number of piperidine rings is 1. The predicted octanol–water partition coefficient (Wildman–Crippen LogP) is 3.69. The molecule has 2 aliphatic heterocycles. The van der Waals surface area contributed by atoms with Gasteiger partial charge in [-0.2, -0.15) is 0 Å². The number of amides is 1. The lowest BCUT2D eigenvalue weighted by Crippen LogP contribution is -2.44. The summed E-state index contributed by atoms with van der Waals surface area (Å²) in [7, 11) is 1.65. The van der Waals surface area contributed by atoms with Crippen LogP contribution in [0.3, 0.4) is 0 Å². The lowest BCUT2D eigenvalue weighted by Gasteiger charge is -2.35. The Morgan fingerprint density at radius 3 is 2.48 bits per heavy atom. The molecule has 0 spiro atoms. The Kier molecular flexibility index (Phi) is 5.86. The van der Waals surface area contributed by atoms with Crippen LogP contribution in [0.5, 0.6) is 11.5 Å². The second-order valence-corrected chi connectivity index (χ2v) is 8.73. The van der Waals surface area contributed by atoms with Crippen molar-refractivity contribution in [2.45, 2.75) is 25.2 Å². The fourth-order valence-electron chi connectivity index (χ4n) is 4.70. The van der Waals surface area contributed by atoms with E-state index in [9.17, 15) is 4.79 Å². The normalized spacial score (nSPS) is 18.3. The summed E-state index contributed by atoms with van der Waals surface area (Å²) in [6.07, 6.45) is 6.18. The van der Waals surface area contributed by atoms with Gasteiger partial charge >= 0.3 is 0 Å². The molecule has 2 aromatic heterocycles. The number of carbonyl (C=O) groups excluding carboxylic acids is 1. The van der Waals surface area contributed by atoms with E-state index in [1.807, 2.05) is 35.4 Å². The third kappa shape index (κ3) is 4.49. The van der Waals surface area contributed by atoms with Gasteiger partial charge in [0.15, 0.2) is 0 Å². The maximum atomic E-state index is 13.2. The molecule has 33 heavy (non-hydrogen) atoms. The van der Waals surface area contributed by atoms with E-state index in [4.69, 9.17) is 20.2 Å². The molecule has 5 rings (SSSR count). The van der Waals surface area contributed by atoms with Gasteiger partial charge in [0, 0.05) is 48.2 Å². The average molecular weight is 445 g/mol. The maximum Gasteiger partial charge on any atom is 0.229 e. The van der Waals surface area contributed by atoms with Crippen LogP contribution in [-0.2, 0) is 11.2 Å². The Balaban J connectivity index is 1.18. The molecule has 0 saturated carbocycles. The molecule has 170 valence electrons. The molecule has 1 amide bonds. The van der Waals surface area contributed by atoms with Crippen LogP contribution in [0.15, 0.2) is 54.9 Å². The Bertz CT molecular complexity index is 1120. The summed E-state index contributed by atoms with van der Waals surface area (Å²) in [4.78, 5) is 24.0. The molecule has 1 fully saturated rings. The van der Waals surface area contributed by atoms with Crippen molar-refractivity contribution >= 4 is 11.7 Å². The first kappa shape index (κ1) is 21.2. The van der Waals surface area contributed by atoms with Gasteiger partial charge in [0.1, 0.15) is 23.9 Å². The predicted molar refractivity (Wildman–Crippen MR) is 126 cm³/mol. The van der Waals surface area contributed by atoms with E-state index >= 15 is 0 Å². The molecular formula is C26H28N4O3. The quantitative estimate of drug-likeness (QED) is 0.660. The largest absolute Gasteiger partial charge is 0.497 e. The fourth-order valence-corrected chi connectivity index (χ4v) is 4.70. The first-order valence-corrected chi connectivity index (χ1v) is 11.4. The third-order valence-electron chi connectivity index (χ3n) is 6.65. The van der Waals surface area contributed by atoms with Crippen molar-refractivity contribution in [2.75, 3.05) is 32.5 Å². The number of pyridine rings is 2. The Morgan fingerprint density at radius 1 is 1.06 bits per heavy atom. The number of hydrogen-bond donors (Lipinski definition) is 1. The fraction of sp³-hybridized carbons (Fsp3) is 0.346. The number of methoxy groups -OCH3 is 1. The van der Waals surface area contributed by atoms with Gasteiger partial charge in [0.05, 0.1) is 13.0 Å². The van der Waals surface area contributed by atoms with Crippen LogP contribution in [0.1, 0.15) is 30.0 Å². The van der Waals surface area contributed by atoms with E-state index in [0.717, 1.165) is 59.8 Å². The molecule has 1 aromatic carbocycles. The van der Waals surface area contributed by atoms with Crippen LogP contribution in [0.25, 0.3) is 11.1 Å². The maximum absolute atomic E-state index is 13.2. The van der Waals surface area contributed by atoms with Crippen molar-refractivity contribution in [2.24, 2.45) is 5.92 Å². The summed E-state index contributed by atoms with van der Waals surface area (Å²) in [6, 6.07) is 13.7. The van der Waals surface area contributed by atoms with Crippen LogP contribution in [0.4, 0.5) is 5.82 Å². The van der Waals surface area contributed by atoms with E-state index in [2.05, 4.69) is 17.1 Å². The molecule has 1 atom stereocenters. The zero-order valence-electron chi connectivity index (χ0n) is 18.7. The lowest BCUT2D eigenvalue weighted by molar-refractivity contribution is -0.138. The van der Waals surface area contributed by atoms with Gasteiger partial charge in [-0.1, -0.05) is 6.07 Å². The number of nitrogen functional groups attached to an aromatic ring is 1. The lowest BCUT2D eigenvalue weighted by atomic mass is 9.90. The molecule has 7 nitrogen and oxygen atoms in total. The minimum atomic E-state index is -0.146. The second-order valence-electron chi connectivity index (χ2n) is 8.73. The van der Waals surface area contributed by atoms with Crippen molar-refractivity contribution in [1.82, 2.24) is 14.9 Å². The number of ether oxygens (including phenoxy) is 2. The number of rotatable bonds is 4. The summed E-state index contributed by atoms with van der Waals surface area (Å²) in [6.45, 7) is 1.92. The molecule has 4 heterocycles. The molecule has 1 saturated heterocycles. The number of likely N-dealkylation sites (tertiary alicyclic amines) is 1. The average Bonchev–Trinajstić information content (AvgIpc) is 2.88. The van der Waals surface area contributed by atoms with Crippen molar-refractivity contribution in [1.29, 1.82) is 0 Å². The summed E-state index contributed by atoms with van der Waals surface area (Å²) in [5, 5.41) is 0. The van der Waals surface area contributed by atoms with Crippen LogP contribution in [-0.4, -0.2) is 47.6 Å². The highest BCUT2D eigenvalue weighted by Crippen LogP contribution is 2.33. The minimum Gasteiger partial charge on any atom is -0.497 e. The molecule has 0 bridgehead atoms. The number of benzene rings is 1. The van der Waals surface area contributed by atoms with Gasteiger partial charge < -0.3 is 20.1 Å². The Hall–Kier alpha value is -3.61. The van der Waals surface area contributed by atoms with Gasteiger partial charge in [-0.05, 0) is 61.2 Å². The van der Waals surface area contributed by atoms with Gasteiger partial charge in [-0.3, -0.25) is 9.78 Å². The van der Waals surface area contributed by atoms with Gasteiger partial charge in [-0.25, -0.2) is 4.98 Å². The topological polar surface area (TPSA) is 90.6 Å². The van der Waals surface area contributed by atoms with E-state index in [0.29, 0.717) is 24.8 Å². The van der Waals surface area contributed by atoms with Gasteiger partial charge in [0.2, 0.25) is 5.91 Å². The van der Waals surface area contributed by atoms with E-state index in [-0.39, 0.29) is 11.8 Å². The van der Waals surface area contributed by atoms with E-state index < -0.39 is 0 Å². The Labute approximate surface area is 193 Å². The molecule has 2 N–H and O–H groups in total. The van der Waals surface area contributed by atoms with Gasteiger partial charge in [0.25, 0.3) is 0 Å². The summed E-state index contributed by atoms with van der Waals surface area (Å²) < 4.78 is 11.2. The third-order valence-corrected chi connectivity index (χ3v) is 6.65. The number of nitrogens with two attached hydrogens (primary N) is 1. The van der Waals surface area contributed by atoms with Crippen molar-refractivity contribution in [3.8, 4) is 22.6 Å². The SMILES string of the molecule is COc1ccc2c(c1)C[C@H](C(=O)N1CCC(c3ccc(-c4ccc(N)nc4)cn3)CC1)CO2. The molecule has 0 unspecified atom stereocenters. The zero-order chi connectivity index (χ0) is 22.8. The highest BCUT2D eigenvalue weighted by Gasteiger charge is 2.32. The number of hydrogen-bond acceptors (Lipinski definition) is 6. The number of fused-ring (bicyclic) bond motifs is 1. The first-order valence-electron chi connectivity index (χ1n) is 11.4. The number of nitrogens with zero attached hydrogens (tertiary/aromatic N) is 3. The standard InChI is InChI=1S/C26H28N4O3/c1-32-22-4-6-24-20(13-22)12-21(16-33-24)26(31)30-10-8-17(9-11-30)23-5-2-18(14-28-23)19-3-7-25(27)29-15-19/h2-7,13-15,17,21H,8-12,16H2,1H3,(H2,27,29)/t21-/m0/s1. The smallest absolute Gasteiger partial charge is 0.229 e. The molecule has 3 aromatic rings. The number of anilines is 1. The highest BCUT2D eigenvalue weighted by molar-refractivity contribution is 5.80. The molecule has 0 radical (unpaired) electrons. The highest BCUT2D eigenvalue weighted by atomic mass is 16.5. The van der Waals surface area contributed by atoms with E-state index in [1.165, 1.54) is 0 Å². The monoisotopic (exact) mass is 444 g/mol. The first-order chi connectivity index (χ1) is 16.1. The summed E-state index contributed by atoms with van der Waals surface area (Å²) in [5.41, 5.74) is 9.81. The van der Waals surface area contributed by atoms with E-state index in [1.54, 1.807) is 19.4 Å². The number of aromatic nitrogens is 2. The minimum absolute atomic E-state index is 0.146. The molecule has 7 heteroatoms. The second kappa shape index (κ2) is 9.10. The number of carbonyl (C=O) groups is 1. The Morgan fingerprint density at radius 2 is 1.82 bits per heavy atom. The summed E-state index contributed by atoms with van der Waals surface area (Å²) in [5.74, 6) is 2.54. The van der Waals surface area contributed by atoms with Crippen LogP contribution >= 0.6 is 0 Å². The van der Waals surface area contributed by atoms with Crippen LogP contribution in [0, 0.1) is 5.92 Å². The zero-order valence-corrected chi connectivity index (χ0v) is 18.7. The van der Waals surface area contributed by atoms with Crippen molar-refractivity contribution in [3.05, 3.63) is 66.1 Å². The molecule has 0 aliphatic carbocycles. The molecular weight excluding hydrogens is 416 g/mol. The van der Waals surface area contributed by atoms with Crippen molar-refractivity contribution < 1.29 is 14.3 Å². The van der Waals surface area contributed by atoms with Crippen molar-refractivity contribution in [3.63, 3.8) is 0 Å². The molecule has 2 aliphatic rings.